The summed E-state index contributed by atoms with van der Waals surface area (Å²) in [7, 11) is 1.58. The molecule has 2 aliphatic heterocycles. The van der Waals surface area contributed by atoms with Crippen molar-refractivity contribution in [2.45, 2.75) is 18.9 Å². The predicted molar refractivity (Wildman–Crippen MR) is 110 cm³/mol. The molecule has 2 aliphatic rings. The van der Waals surface area contributed by atoms with Crippen molar-refractivity contribution in [2.24, 2.45) is 11.8 Å². The number of rotatable bonds is 5. The van der Waals surface area contributed by atoms with Gasteiger partial charge in [0.1, 0.15) is 5.75 Å². The van der Waals surface area contributed by atoms with E-state index >= 15 is 0 Å². The molecule has 3 amide bonds. The van der Waals surface area contributed by atoms with E-state index in [2.05, 4.69) is 26.6 Å². The molecule has 156 valence electrons. The maximum Gasteiger partial charge on any atom is 0.229 e. The number of ether oxygens (including phenoxy) is 1. The second-order valence-electron chi connectivity index (χ2n) is 7.22. The van der Waals surface area contributed by atoms with Crippen LogP contribution in [0.4, 0.5) is 11.4 Å². The minimum Gasteiger partial charge on any atom is -0.497 e. The van der Waals surface area contributed by atoms with E-state index in [9.17, 15) is 14.4 Å². The predicted octanol–water partition coefficient (Wildman–Crippen LogP) is 0.827. The Bertz CT molecular complexity index is 934. The van der Waals surface area contributed by atoms with Gasteiger partial charge in [-0.15, -0.1) is 0 Å². The minimum atomic E-state index is -0.779. The number of carbonyl (C=O) groups excluding carboxylic acids is 3. The molecule has 2 heterocycles. The molecular formula is C21H23N5O4. The summed E-state index contributed by atoms with van der Waals surface area (Å²) in [6.45, 7) is 0. The first-order valence-electron chi connectivity index (χ1n) is 9.66. The monoisotopic (exact) mass is 409 g/mol. The lowest BCUT2D eigenvalue weighted by atomic mass is 9.81. The molecule has 4 atom stereocenters. The van der Waals surface area contributed by atoms with E-state index in [0.29, 0.717) is 11.4 Å². The molecule has 0 saturated carbocycles. The molecule has 9 heteroatoms. The van der Waals surface area contributed by atoms with Gasteiger partial charge in [0.05, 0.1) is 25.1 Å². The standard InChI is InChI=1S/C21H23N5O4/c1-30-14-9-7-13(8-10-14)23-21-25-18-17(20(29)26-21)15(11-16(27)24-18)19(28)22-12-5-3-2-4-6-12/h2-10,15,17-18,21,23,25H,11H2,1H3,(H,22,28)(H,24,27)(H,26,29). The molecule has 0 bridgehead atoms. The van der Waals surface area contributed by atoms with Crippen molar-refractivity contribution in [2.75, 3.05) is 17.7 Å². The van der Waals surface area contributed by atoms with Gasteiger partial charge in [-0.05, 0) is 36.4 Å². The summed E-state index contributed by atoms with van der Waals surface area (Å²) in [6, 6.07) is 16.2. The molecule has 2 saturated heterocycles. The van der Waals surface area contributed by atoms with Crippen molar-refractivity contribution >= 4 is 29.1 Å². The van der Waals surface area contributed by atoms with Crippen molar-refractivity contribution in [3.63, 3.8) is 0 Å². The van der Waals surface area contributed by atoms with E-state index in [0.717, 1.165) is 5.69 Å². The van der Waals surface area contributed by atoms with Crippen LogP contribution in [-0.4, -0.2) is 37.3 Å². The zero-order chi connectivity index (χ0) is 21.1. The number of hydrogen-bond donors (Lipinski definition) is 5. The summed E-state index contributed by atoms with van der Waals surface area (Å²) in [5.74, 6) is -1.73. The summed E-state index contributed by atoms with van der Waals surface area (Å²) in [4.78, 5) is 37.9. The van der Waals surface area contributed by atoms with Crippen LogP contribution in [0.5, 0.6) is 5.75 Å². The maximum absolute atomic E-state index is 12.9. The van der Waals surface area contributed by atoms with E-state index < -0.39 is 24.3 Å². The Kier molecular flexibility index (Phi) is 5.53. The maximum atomic E-state index is 12.9. The number of piperidine rings is 1. The van der Waals surface area contributed by atoms with E-state index in [-0.39, 0.29) is 24.1 Å². The fourth-order valence-corrected chi connectivity index (χ4v) is 3.76. The third-order valence-corrected chi connectivity index (χ3v) is 5.23. The number of amides is 3. The highest BCUT2D eigenvalue weighted by atomic mass is 16.5. The molecule has 0 radical (unpaired) electrons. The molecule has 0 aliphatic carbocycles. The molecule has 5 N–H and O–H groups in total. The summed E-state index contributed by atoms with van der Waals surface area (Å²) in [5, 5.41) is 14.7. The average Bonchev–Trinajstić information content (AvgIpc) is 2.74. The van der Waals surface area contributed by atoms with Gasteiger partial charge in [0.15, 0.2) is 6.29 Å². The van der Waals surface area contributed by atoms with Crippen LogP contribution >= 0.6 is 0 Å². The summed E-state index contributed by atoms with van der Waals surface area (Å²) >= 11 is 0. The highest BCUT2D eigenvalue weighted by molar-refractivity contribution is 6.00. The number of para-hydroxylation sites is 1. The van der Waals surface area contributed by atoms with Crippen LogP contribution in [-0.2, 0) is 14.4 Å². The number of nitrogens with one attached hydrogen (secondary N) is 5. The van der Waals surface area contributed by atoms with Crippen LogP contribution in [0.25, 0.3) is 0 Å². The van der Waals surface area contributed by atoms with Crippen LogP contribution in [0.1, 0.15) is 6.42 Å². The van der Waals surface area contributed by atoms with Crippen LogP contribution in [0.2, 0.25) is 0 Å². The quantitative estimate of drug-likeness (QED) is 0.499. The van der Waals surface area contributed by atoms with Gasteiger partial charge in [-0.3, -0.25) is 19.7 Å². The van der Waals surface area contributed by atoms with Gasteiger partial charge in [0.2, 0.25) is 17.7 Å². The molecule has 0 aromatic heterocycles. The van der Waals surface area contributed by atoms with Crippen molar-refractivity contribution in [1.29, 1.82) is 0 Å². The zero-order valence-electron chi connectivity index (χ0n) is 16.3. The topological polar surface area (TPSA) is 121 Å². The molecule has 4 rings (SSSR count). The lowest BCUT2D eigenvalue weighted by Gasteiger charge is -2.43. The SMILES string of the molecule is COc1ccc(NC2NC(=O)C3C(NC(=O)CC3C(=O)Nc3ccccc3)N2)cc1. The number of fused-ring (bicyclic) bond motifs is 1. The Morgan fingerprint density at radius 2 is 1.73 bits per heavy atom. The fourth-order valence-electron chi connectivity index (χ4n) is 3.76. The Morgan fingerprint density at radius 1 is 1.00 bits per heavy atom. The van der Waals surface area contributed by atoms with Crippen molar-refractivity contribution in [3.8, 4) is 5.75 Å². The lowest BCUT2D eigenvalue weighted by molar-refractivity contribution is -0.144. The third kappa shape index (κ3) is 4.20. The van der Waals surface area contributed by atoms with Crippen LogP contribution < -0.4 is 31.3 Å². The van der Waals surface area contributed by atoms with Crippen LogP contribution in [0, 0.1) is 11.8 Å². The largest absolute Gasteiger partial charge is 0.497 e. The van der Waals surface area contributed by atoms with Crippen LogP contribution in [0.15, 0.2) is 54.6 Å². The van der Waals surface area contributed by atoms with Crippen LogP contribution in [0.3, 0.4) is 0 Å². The van der Waals surface area contributed by atoms with Crippen molar-refractivity contribution in [3.05, 3.63) is 54.6 Å². The third-order valence-electron chi connectivity index (χ3n) is 5.23. The Morgan fingerprint density at radius 3 is 2.43 bits per heavy atom. The number of methoxy groups -OCH3 is 1. The molecule has 0 spiro atoms. The first-order chi connectivity index (χ1) is 14.5. The highest BCUT2D eigenvalue weighted by Gasteiger charge is 2.48. The molecular weight excluding hydrogens is 386 g/mol. The van der Waals surface area contributed by atoms with E-state index in [1.807, 2.05) is 18.2 Å². The summed E-state index contributed by atoms with van der Waals surface area (Å²) in [6.07, 6.45) is -1.32. The second-order valence-corrected chi connectivity index (χ2v) is 7.22. The summed E-state index contributed by atoms with van der Waals surface area (Å²) in [5.41, 5.74) is 1.38. The lowest BCUT2D eigenvalue weighted by Crippen LogP contribution is -2.72. The number of anilines is 2. The van der Waals surface area contributed by atoms with Gasteiger partial charge in [-0.1, -0.05) is 18.2 Å². The molecule has 2 fully saturated rings. The normalized spacial score (nSPS) is 25.4. The number of carbonyl (C=O) groups is 3. The van der Waals surface area contributed by atoms with Crippen molar-refractivity contribution in [1.82, 2.24) is 16.0 Å². The smallest absolute Gasteiger partial charge is 0.229 e. The molecule has 4 unspecified atom stereocenters. The van der Waals surface area contributed by atoms with E-state index in [1.54, 1.807) is 43.5 Å². The van der Waals surface area contributed by atoms with Gasteiger partial charge in [-0.25, -0.2) is 0 Å². The second kappa shape index (κ2) is 8.42. The Balaban J connectivity index is 1.46. The van der Waals surface area contributed by atoms with Gasteiger partial charge >= 0.3 is 0 Å². The zero-order valence-corrected chi connectivity index (χ0v) is 16.3. The fraction of sp³-hybridized carbons (Fsp3) is 0.286. The molecule has 2 aromatic rings. The number of hydrogen-bond acceptors (Lipinski definition) is 6. The molecule has 2 aromatic carbocycles. The first kappa shape index (κ1) is 19.7. The Hall–Kier alpha value is -3.59. The van der Waals surface area contributed by atoms with E-state index in [4.69, 9.17) is 4.74 Å². The minimum absolute atomic E-state index is 0.0501. The average molecular weight is 409 g/mol. The molecule has 30 heavy (non-hydrogen) atoms. The van der Waals surface area contributed by atoms with Gasteiger partial charge in [-0.2, -0.15) is 0 Å². The Labute approximate surface area is 173 Å². The first-order valence-corrected chi connectivity index (χ1v) is 9.66. The van der Waals surface area contributed by atoms with Gasteiger partial charge < -0.3 is 26.0 Å². The highest BCUT2D eigenvalue weighted by Crippen LogP contribution is 2.28. The van der Waals surface area contributed by atoms with E-state index in [1.165, 1.54) is 0 Å². The van der Waals surface area contributed by atoms with Gasteiger partial charge in [0.25, 0.3) is 0 Å². The number of benzene rings is 2. The molecule has 9 nitrogen and oxygen atoms in total. The van der Waals surface area contributed by atoms with Crippen molar-refractivity contribution < 1.29 is 19.1 Å². The summed E-state index contributed by atoms with van der Waals surface area (Å²) < 4.78 is 5.14. The van der Waals surface area contributed by atoms with Gasteiger partial charge in [0, 0.05) is 17.8 Å².